The third kappa shape index (κ3) is 1.72. The molecule has 94 valence electrons. The zero-order valence-electron chi connectivity index (χ0n) is 9.62. The van der Waals surface area contributed by atoms with E-state index in [0.717, 1.165) is 5.82 Å². The van der Waals surface area contributed by atoms with Crippen LogP contribution in [-0.2, 0) is 19.7 Å². The number of rotatable bonds is 2. The Hall–Kier alpha value is -2.02. The van der Waals surface area contributed by atoms with Crippen molar-refractivity contribution in [1.82, 2.24) is 19.7 Å². The van der Waals surface area contributed by atoms with Gasteiger partial charge >= 0.3 is 0 Å². The highest BCUT2D eigenvalue weighted by Gasteiger charge is 2.22. The molecule has 1 aliphatic heterocycles. The van der Waals surface area contributed by atoms with Crippen LogP contribution in [0.3, 0.4) is 0 Å². The highest BCUT2D eigenvalue weighted by atomic mass is 19.1. The minimum Gasteiger partial charge on any atom is -0.392 e. The molecule has 0 spiro atoms. The van der Waals surface area contributed by atoms with Gasteiger partial charge in [0.1, 0.15) is 6.33 Å². The number of hydrogen-bond acceptors (Lipinski definition) is 5. The molecule has 1 aliphatic rings. The van der Waals surface area contributed by atoms with Gasteiger partial charge in [0, 0.05) is 24.8 Å². The highest BCUT2D eigenvalue weighted by molar-refractivity contribution is 5.43. The van der Waals surface area contributed by atoms with Crippen molar-refractivity contribution in [3.63, 3.8) is 0 Å². The number of aliphatic hydroxyl groups excluding tert-OH is 1. The zero-order valence-corrected chi connectivity index (χ0v) is 9.62. The Morgan fingerprint density at radius 2 is 2.28 bits per heavy atom. The van der Waals surface area contributed by atoms with E-state index in [1.54, 1.807) is 11.2 Å². The monoisotopic (exact) mass is 249 g/mol. The summed E-state index contributed by atoms with van der Waals surface area (Å²) in [6.07, 6.45) is 3.17. The maximum absolute atomic E-state index is 14.1. The number of anilines is 1. The lowest BCUT2D eigenvalue weighted by atomic mass is 10.2. The largest absolute Gasteiger partial charge is 0.392 e. The summed E-state index contributed by atoms with van der Waals surface area (Å²) in [6, 6.07) is 1.48. The molecule has 3 rings (SSSR count). The van der Waals surface area contributed by atoms with Crippen molar-refractivity contribution >= 4 is 5.82 Å². The van der Waals surface area contributed by atoms with Gasteiger partial charge in [0.15, 0.2) is 17.5 Å². The van der Waals surface area contributed by atoms with Crippen molar-refractivity contribution in [1.29, 1.82) is 0 Å². The molecule has 0 fully saturated rings. The lowest BCUT2D eigenvalue weighted by molar-refractivity contribution is 0.275. The van der Waals surface area contributed by atoms with Crippen LogP contribution >= 0.6 is 0 Å². The van der Waals surface area contributed by atoms with Crippen molar-refractivity contribution < 1.29 is 9.50 Å². The van der Waals surface area contributed by atoms with E-state index in [1.807, 2.05) is 4.57 Å². The summed E-state index contributed by atoms with van der Waals surface area (Å²) in [5.41, 5.74) is 0.257. The fraction of sp³-hybridized carbons (Fsp3) is 0.364. The van der Waals surface area contributed by atoms with E-state index >= 15 is 0 Å². The molecular weight excluding hydrogens is 237 g/mol. The molecule has 0 radical (unpaired) electrons. The summed E-state index contributed by atoms with van der Waals surface area (Å²) >= 11 is 0. The van der Waals surface area contributed by atoms with E-state index in [-0.39, 0.29) is 18.0 Å². The first-order valence-corrected chi connectivity index (χ1v) is 5.65. The van der Waals surface area contributed by atoms with Crippen LogP contribution in [0, 0.1) is 5.82 Å². The molecule has 1 N–H and O–H groups in total. The Morgan fingerprint density at radius 1 is 1.39 bits per heavy atom. The molecule has 3 heterocycles. The van der Waals surface area contributed by atoms with Crippen LogP contribution in [0.4, 0.5) is 10.2 Å². The topological polar surface area (TPSA) is 67.1 Å². The first kappa shape index (κ1) is 11.1. The lowest BCUT2D eigenvalue weighted by Crippen LogP contribution is -2.34. The van der Waals surface area contributed by atoms with Crippen molar-refractivity contribution in [3.05, 3.63) is 35.8 Å². The molecule has 0 unspecified atom stereocenters. The minimum atomic E-state index is -0.465. The van der Waals surface area contributed by atoms with E-state index in [4.69, 9.17) is 5.11 Å². The molecule has 0 saturated carbocycles. The third-order valence-corrected chi connectivity index (χ3v) is 3.06. The minimum absolute atomic E-state index is 0.257. The van der Waals surface area contributed by atoms with Crippen LogP contribution in [0.25, 0.3) is 0 Å². The molecule has 0 bridgehead atoms. The van der Waals surface area contributed by atoms with Gasteiger partial charge in [0.25, 0.3) is 0 Å². The molecule has 6 nitrogen and oxygen atoms in total. The predicted octanol–water partition coefficient (Wildman–Crippen LogP) is 0.325. The molecule has 0 aliphatic carbocycles. The normalized spacial score (nSPS) is 14.7. The number of aromatic nitrogens is 4. The van der Waals surface area contributed by atoms with Gasteiger partial charge in [-0.15, -0.1) is 10.2 Å². The SMILES string of the molecule is OCc1ccnc(N2CCn3cnnc3C2)c1F. The van der Waals surface area contributed by atoms with E-state index in [0.29, 0.717) is 19.6 Å². The Kier molecular flexibility index (Phi) is 2.67. The van der Waals surface area contributed by atoms with E-state index in [2.05, 4.69) is 15.2 Å². The zero-order chi connectivity index (χ0) is 12.5. The number of fused-ring (bicyclic) bond motifs is 1. The Bertz CT molecular complexity index is 570. The molecule has 18 heavy (non-hydrogen) atoms. The van der Waals surface area contributed by atoms with E-state index in [9.17, 15) is 4.39 Å². The summed E-state index contributed by atoms with van der Waals surface area (Å²) in [5.74, 6) is 0.584. The number of nitrogens with zero attached hydrogens (tertiary/aromatic N) is 5. The molecule has 0 atom stereocenters. The predicted molar refractivity (Wildman–Crippen MR) is 61.2 cm³/mol. The van der Waals surface area contributed by atoms with E-state index in [1.165, 1.54) is 12.3 Å². The van der Waals surface area contributed by atoms with Gasteiger partial charge in [-0.2, -0.15) is 0 Å². The molecule has 0 amide bonds. The number of pyridine rings is 1. The molecule has 2 aromatic heterocycles. The van der Waals surface area contributed by atoms with Gasteiger partial charge in [-0.1, -0.05) is 0 Å². The summed E-state index contributed by atoms with van der Waals surface area (Å²) in [5, 5.41) is 16.8. The number of aliphatic hydroxyl groups is 1. The fourth-order valence-electron chi connectivity index (χ4n) is 2.06. The molecular formula is C11H12FN5O. The second-order valence-electron chi connectivity index (χ2n) is 4.13. The third-order valence-electron chi connectivity index (χ3n) is 3.06. The molecule has 0 aromatic carbocycles. The summed E-state index contributed by atoms with van der Waals surface area (Å²) in [7, 11) is 0. The van der Waals surface area contributed by atoms with Crippen molar-refractivity contribution in [3.8, 4) is 0 Å². The van der Waals surface area contributed by atoms with Gasteiger partial charge in [-0.25, -0.2) is 9.37 Å². The second-order valence-corrected chi connectivity index (χ2v) is 4.13. The van der Waals surface area contributed by atoms with Gasteiger partial charge in [0.05, 0.1) is 13.2 Å². The average molecular weight is 249 g/mol. The van der Waals surface area contributed by atoms with E-state index < -0.39 is 5.82 Å². The average Bonchev–Trinajstić information content (AvgIpc) is 2.86. The van der Waals surface area contributed by atoms with Crippen molar-refractivity contribution in [2.45, 2.75) is 19.7 Å². The van der Waals surface area contributed by atoms with Crippen molar-refractivity contribution in [2.24, 2.45) is 0 Å². The first-order chi connectivity index (χ1) is 8.79. The van der Waals surface area contributed by atoms with Gasteiger partial charge in [0.2, 0.25) is 0 Å². The first-order valence-electron chi connectivity index (χ1n) is 5.65. The number of halogens is 1. The fourth-order valence-corrected chi connectivity index (χ4v) is 2.06. The van der Waals surface area contributed by atoms with Crippen LogP contribution in [0.5, 0.6) is 0 Å². The summed E-state index contributed by atoms with van der Waals surface area (Å²) < 4.78 is 16.0. The highest BCUT2D eigenvalue weighted by Crippen LogP contribution is 2.22. The maximum atomic E-state index is 14.1. The second kappa shape index (κ2) is 4.34. The Labute approximate surface area is 103 Å². The standard InChI is InChI=1S/C11H12FN5O/c12-10-8(6-18)1-2-13-11(10)16-3-4-17-7-14-15-9(17)5-16/h1-2,7,18H,3-6H2. The van der Waals surface area contributed by atoms with Crippen molar-refractivity contribution in [2.75, 3.05) is 11.4 Å². The summed E-state index contributed by atoms with van der Waals surface area (Å²) in [6.45, 7) is 1.49. The lowest BCUT2D eigenvalue weighted by Gasteiger charge is -2.28. The van der Waals surface area contributed by atoms with Crippen LogP contribution in [0.15, 0.2) is 18.6 Å². The van der Waals surface area contributed by atoms with Crippen LogP contribution < -0.4 is 4.90 Å². The number of hydrogen-bond donors (Lipinski definition) is 1. The smallest absolute Gasteiger partial charge is 0.171 e. The van der Waals surface area contributed by atoms with Gasteiger partial charge in [-0.05, 0) is 6.07 Å². The Morgan fingerprint density at radius 3 is 3.11 bits per heavy atom. The molecule has 2 aromatic rings. The molecule has 0 saturated heterocycles. The van der Waals surface area contributed by atoms with Crippen LogP contribution in [0.2, 0.25) is 0 Å². The quantitative estimate of drug-likeness (QED) is 0.830. The molecule has 7 heteroatoms. The van der Waals surface area contributed by atoms with Gasteiger partial charge in [-0.3, -0.25) is 0 Å². The maximum Gasteiger partial charge on any atom is 0.171 e. The van der Waals surface area contributed by atoms with Crippen LogP contribution in [0.1, 0.15) is 11.4 Å². The van der Waals surface area contributed by atoms with Crippen LogP contribution in [-0.4, -0.2) is 31.4 Å². The van der Waals surface area contributed by atoms with Gasteiger partial charge < -0.3 is 14.6 Å². The summed E-state index contributed by atoms with van der Waals surface area (Å²) in [4.78, 5) is 5.85. The Balaban J connectivity index is 1.93.